The lowest BCUT2D eigenvalue weighted by molar-refractivity contribution is 0.102. The summed E-state index contributed by atoms with van der Waals surface area (Å²) in [4.78, 5) is 5.07. The first-order chi connectivity index (χ1) is 7.20. The highest BCUT2D eigenvalue weighted by atomic mass is 15.3. The Morgan fingerprint density at radius 3 is 2.60 bits per heavy atom. The fourth-order valence-electron chi connectivity index (χ4n) is 2.88. The zero-order chi connectivity index (χ0) is 10.9. The lowest BCUT2D eigenvalue weighted by Crippen LogP contribution is -2.56. The van der Waals surface area contributed by atoms with Crippen molar-refractivity contribution in [3.63, 3.8) is 0 Å². The van der Waals surface area contributed by atoms with Crippen molar-refractivity contribution in [2.24, 2.45) is 11.7 Å². The molecule has 2 aliphatic rings. The average Bonchev–Trinajstić information content (AvgIpc) is 2.98. The average molecular weight is 211 g/mol. The zero-order valence-electron chi connectivity index (χ0n) is 10.2. The third-order valence-corrected chi connectivity index (χ3v) is 4.13. The number of hydrogen-bond donors (Lipinski definition) is 1. The number of nitrogens with zero attached hydrogens (tertiary/aromatic N) is 2. The molecule has 1 saturated heterocycles. The highest BCUT2D eigenvalue weighted by Gasteiger charge is 2.41. The van der Waals surface area contributed by atoms with Crippen LogP contribution in [0.4, 0.5) is 0 Å². The Kier molecular flexibility index (Phi) is 3.33. The van der Waals surface area contributed by atoms with Gasteiger partial charge in [0.1, 0.15) is 0 Å². The quantitative estimate of drug-likeness (QED) is 0.728. The lowest BCUT2D eigenvalue weighted by Gasteiger charge is -2.40. The highest BCUT2D eigenvalue weighted by molar-refractivity contribution is 5.00. The molecule has 2 N–H and O–H groups in total. The van der Waals surface area contributed by atoms with E-state index in [1.165, 1.54) is 32.4 Å². The fraction of sp³-hybridized carbons (Fsp3) is 1.00. The van der Waals surface area contributed by atoms with Gasteiger partial charge in [-0.05, 0) is 45.3 Å². The SMILES string of the molecule is CCN(CC1CC1)C1(CN)CCN(C)C1. The van der Waals surface area contributed by atoms with E-state index in [4.69, 9.17) is 5.73 Å². The van der Waals surface area contributed by atoms with Gasteiger partial charge in [0.15, 0.2) is 0 Å². The van der Waals surface area contributed by atoms with E-state index in [1.807, 2.05) is 0 Å². The van der Waals surface area contributed by atoms with E-state index in [0.717, 1.165) is 25.6 Å². The van der Waals surface area contributed by atoms with Crippen molar-refractivity contribution in [2.75, 3.05) is 39.8 Å². The predicted molar refractivity (Wildman–Crippen MR) is 63.9 cm³/mol. The molecule has 1 saturated carbocycles. The standard InChI is InChI=1S/C12H25N3/c1-3-15(8-11-4-5-11)12(9-13)6-7-14(2)10-12/h11H,3-10,13H2,1-2H3. The molecule has 0 radical (unpaired) electrons. The van der Waals surface area contributed by atoms with Gasteiger partial charge in [0, 0.05) is 25.2 Å². The van der Waals surface area contributed by atoms with Gasteiger partial charge in [-0.2, -0.15) is 0 Å². The van der Waals surface area contributed by atoms with E-state index in [0.29, 0.717) is 0 Å². The van der Waals surface area contributed by atoms with E-state index in [1.54, 1.807) is 0 Å². The minimum absolute atomic E-state index is 0.284. The molecular weight excluding hydrogens is 186 g/mol. The van der Waals surface area contributed by atoms with Crippen LogP contribution >= 0.6 is 0 Å². The van der Waals surface area contributed by atoms with Gasteiger partial charge >= 0.3 is 0 Å². The van der Waals surface area contributed by atoms with Gasteiger partial charge in [0.25, 0.3) is 0 Å². The second-order valence-corrected chi connectivity index (χ2v) is 5.40. The first-order valence-corrected chi connectivity index (χ1v) is 6.34. The van der Waals surface area contributed by atoms with Gasteiger partial charge in [-0.15, -0.1) is 0 Å². The molecule has 2 fully saturated rings. The zero-order valence-corrected chi connectivity index (χ0v) is 10.2. The molecule has 0 aromatic heterocycles. The molecule has 1 atom stereocenters. The van der Waals surface area contributed by atoms with Crippen LogP contribution in [0.5, 0.6) is 0 Å². The number of nitrogens with two attached hydrogens (primary N) is 1. The van der Waals surface area contributed by atoms with Crippen LogP contribution in [-0.2, 0) is 0 Å². The monoisotopic (exact) mass is 211 g/mol. The number of rotatable bonds is 5. The summed E-state index contributed by atoms with van der Waals surface area (Å²) in [5, 5.41) is 0. The summed E-state index contributed by atoms with van der Waals surface area (Å²) in [7, 11) is 2.21. The molecule has 2 rings (SSSR count). The predicted octanol–water partition coefficient (Wildman–Crippen LogP) is 0.751. The maximum Gasteiger partial charge on any atom is 0.0470 e. The molecule has 1 aliphatic heterocycles. The molecule has 0 bridgehead atoms. The minimum Gasteiger partial charge on any atom is -0.329 e. The molecule has 88 valence electrons. The summed E-state index contributed by atoms with van der Waals surface area (Å²) in [6, 6.07) is 0. The van der Waals surface area contributed by atoms with E-state index >= 15 is 0 Å². The second kappa shape index (κ2) is 4.40. The minimum atomic E-state index is 0.284. The Morgan fingerprint density at radius 2 is 2.20 bits per heavy atom. The van der Waals surface area contributed by atoms with Gasteiger partial charge in [0.2, 0.25) is 0 Å². The van der Waals surface area contributed by atoms with Crippen LogP contribution in [0.15, 0.2) is 0 Å². The smallest absolute Gasteiger partial charge is 0.0470 e. The molecule has 1 heterocycles. The van der Waals surface area contributed by atoms with Crippen LogP contribution in [0.25, 0.3) is 0 Å². The summed E-state index contributed by atoms with van der Waals surface area (Å²) in [5.74, 6) is 0.972. The number of likely N-dealkylation sites (N-methyl/N-ethyl adjacent to an activating group) is 2. The Bertz CT molecular complexity index is 215. The van der Waals surface area contributed by atoms with Crippen LogP contribution in [0.1, 0.15) is 26.2 Å². The lowest BCUT2D eigenvalue weighted by atomic mass is 9.95. The van der Waals surface area contributed by atoms with Crippen molar-refractivity contribution in [1.82, 2.24) is 9.80 Å². The Balaban J connectivity index is 2.01. The maximum absolute atomic E-state index is 6.04. The largest absolute Gasteiger partial charge is 0.329 e. The number of hydrogen-bond acceptors (Lipinski definition) is 3. The summed E-state index contributed by atoms with van der Waals surface area (Å²) >= 11 is 0. The van der Waals surface area contributed by atoms with Crippen molar-refractivity contribution < 1.29 is 0 Å². The maximum atomic E-state index is 6.04. The third kappa shape index (κ3) is 2.35. The van der Waals surface area contributed by atoms with Crippen LogP contribution < -0.4 is 5.73 Å². The first kappa shape index (κ1) is 11.4. The molecule has 3 heteroatoms. The van der Waals surface area contributed by atoms with Crippen molar-refractivity contribution in [2.45, 2.75) is 31.7 Å². The third-order valence-electron chi connectivity index (χ3n) is 4.13. The molecule has 1 aliphatic carbocycles. The van der Waals surface area contributed by atoms with Crippen LogP contribution in [0, 0.1) is 5.92 Å². The summed E-state index contributed by atoms with van der Waals surface area (Å²) < 4.78 is 0. The second-order valence-electron chi connectivity index (χ2n) is 5.40. The molecule has 0 aromatic carbocycles. The van der Waals surface area contributed by atoms with Crippen molar-refractivity contribution in [3.8, 4) is 0 Å². The van der Waals surface area contributed by atoms with Gasteiger partial charge in [-0.1, -0.05) is 6.92 Å². The topological polar surface area (TPSA) is 32.5 Å². The van der Waals surface area contributed by atoms with E-state index < -0.39 is 0 Å². The van der Waals surface area contributed by atoms with Crippen LogP contribution in [-0.4, -0.2) is 55.1 Å². The fourth-order valence-corrected chi connectivity index (χ4v) is 2.88. The van der Waals surface area contributed by atoms with Gasteiger partial charge < -0.3 is 10.6 Å². The van der Waals surface area contributed by atoms with E-state index in [9.17, 15) is 0 Å². The summed E-state index contributed by atoms with van der Waals surface area (Å²) in [5.41, 5.74) is 6.32. The van der Waals surface area contributed by atoms with Crippen LogP contribution in [0.3, 0.4) is 0 Å². The van der Waals surface area contributed by atoms with Gasteiger partial charge in [-0.3, -0.25) is 4.90 Å². The van der Waals surface area contributed by atoms with Crippen LogP contribution in [0.2, 0.25) is 0 Å². The van der Waals surface area contributed by atoms with E-state index in [-0.39, 0.29) is 5.54 Å². The number of likely N-dealkylation sites (tertiary alicyclic amines) is 1. The van der Waals surface area contributed by atoms with E-state index in [2.05, 4.69) is 23.8 Å². The normalized spacial score (nSPS) is 32.8. The van der Waals surface area contributed by atoms with Crippen molar-refractivity contribution >= 4 is 0 Å². The van der Waals surface area contributed by atoms with Crippen molar-refractivity contribution in [1.29, 1.82) is 0 Å². The molecule has 15 heavy (non-hydrogen) atoms. The molecule has 1 unspecified atom stereocenters. The molecule has 0 aromatic rings. The van der Waals surface area contributed by atoms with Gasteiger partial charge in [0.05, 0.1) is 0 Å². The Hall–Kier alpha value is -0.120. The Morgan fingerprint density at radius 1 is 1.47 bits per heavy atom. The van der Waals surface area contributed by atoms with Crippen molar-refractivity contribution in [3.05, 3.63) is 0 Å². The molecule has 0 amide bonds. The first-order valence-electron chi connectivity index (χ1n) is 6.34. The summed E-state index contributed by atoms with van der Waals surface area (Å²) in [6.07, 6.45) is 4.13. The summed E-state index contributed by atoms with van der Waals surface area (Å²) in [6.45, 7) is 7.89. The van der Waals surface area contributed by atoms with Gasteiger partial charge in [-0.25, -0.2) is 0 Å². The molecule has 0 spiro atoms. The Labute approximate surface area is 93.6 Å². The highest BCUT2D eigenvalue weighted by Crippen LogP contribution is 2.34. The molecular formula is C12H25N3. The molecule has 3 nitrogen and oxygen atoms in total.